The van der Waals surface area contributed by atoms with Crippen LogP contribution in [0.25, 0.3) is 10.8 Å². The number of carbonyl (C=O) groups is 2. The van der Waals surface area contributed by atoms with Gasteiger partial charge in [-0.1, -0.05) is 30.3 Å². The fraction of sp³-hybridized carbons (Fsp3) is 0.273. The SMILES string of the molecule is O=C(c1ccc(COc2ccc3ccccc3c2)o1)N1CCC(O)(C(=O)O)CC1. The summed E-state index contributed by atoms with van der Waals surface area (Å²) >= 11 is 0. The van der Waals surface area contributed by atoms with Crippen LogP contribution in [0.15, 0.2) is 59.0 Å². The van der Waals surface area contributed by atoms with Crippen LogP contribution in [-0.2, 0) is 11.4 Å². The lowest BCUT2D eigenvalue weighted by Crippen LogP contribution is -2.50. The van der Waals surface area contributed by atoms with Gasteiger partial charge in [-0.25, -0.2) is 4.79 Å². The molecule has 0 radical (unpaired) electrons. The predicted molar refractivity (Wildman–Crippen MR) is 105 cm³/mol. The Morgan fingerprint density at radius 2 is 1.76 bits per heavy atom. The van der Waals surface area contributed by atoms with E-state index in [0.29, 0.717) is 11.5 Å². The lowest BCUT2D eigenvalue weighted by atomic mass is 9.91. The van der Waals surface area contributed by atoms with Gasteiger partial charge in [0.1, 0.15) is 18.1 Å². The van der Waals surface area contributed by atoms with E-state index in [4.69, 9.17) is 14.3 Å². The van der Waals surface area contributed by atoms with E-state index in [1.165, 1.54) is 4.90 Å². The lowest BCUT2D eigenvalue weighted by Gasteiger charge is -2.34. The molecule has 3 aromatic rings. The van der Waals surface area contributed by atoms with Gasteiger partial charge < -0.3 is 24.3 Å². The van der Waals surface area contributed by atoms with Crippen molar-refractivity contribution in [1.82, 2.24) is 4.90 Å². The standard InChI is InChI=1S/C22H21NO6/c24-20(23-11-9-22(27,10-12-23)21(25)26)19-8-7-18(29-19)14-28-17-6-5-15-3-1-2-4-16(15)13-17/h1-8,13,27H,9-12,14H2,(H,25,26). The molecule has 2 heterocycles. The van der Waals surface area contributed by atoms with Crippen LogP contribution >= 0.6 is 0 Å². The molecule has 29 heavy (non-hydrogen) atoms. The van der Waals surface area contributed by atoms with Crippen LogP contribution in [0.2, 0.25) is 0 Å². The van der Waals surface area contributed by atoms with Gasteiger partial charge in [0, 0.05) is 25.9 Å². The number of aliphatic hydroxyl groups is 1. The van der Waals surface area contributed by atoms with Gasteiger partial charge >= 0.3 is 5.97 Å². The third kappa shape index (κ3) is 3.95. The molecule has 150 valence electrons. The van der Waals surface area contributed by atoms with E-state index >= 15 is 0 Å². The van der Waals surface area contributed by atoms with E-state index in [1.807, 2.05) is 42.5 Å². The van der Waals surface area contributed by atoms with Crippen molar-refractivity contribution in [2.24, 2.45) is 0 Å². The normalized spacial score (nSPS) is 16.0. The maximum Gasteiger partial charge on any atom is 0.335 e. The van der Waals surface area contributed by atoms with Crippen molar-refractivity contribution in [2.75, 3.05) is 13.1 Å². The largest absolute Gasteiger partial charge is 0.486 e. The number of carbonyl (C=O) groups excluding carboxylic acids is 1. The first-order valence-corrected chi connectivity index (χ1v) is 9.40. The molecule has 1 fully saturated rings. The van der Waals surface area contributed by atoms with E-state index in [9.17, 15) is 14.7 Å². The molecule has 0 unspecified atom stereocenters. The Morgan fingerprint density at radius 3 is 2.48 bits per heavy atom. The molecular weight excluding hydrogens is 374 g/mol. The van der Waals surface area contributed by atoms with Gasteiger partial charge in [0.2, 0.25) is 0 Å². The summed E-state index contributed by atoms with van der Waals surface area (Å²) in [4.78, 5) is 25.2. The van der Waals surface area contributed by atoms with E-state index < -0.39 is 11.6 Å². The van der Waals surface area contributed by atoms with Crippen molar-refractivity contribution in [3.63, 3.8) is 0 Å². The molecule has 1 aromatic heterocycles. The number of fused-ring (bicyclic) bond motifs is 1. The number of benzene rings is 2. The van der Waals surface area contributed by atoms with Crippen LogP contribution in [0, 0.1) is 0 Å². The Labute approximate surface area is 167 Å². The van der Waals surface area contributed by atoms with Crippen molar-refractivity contribution in [2.45, 2.75) is 25.0 Å². The average molecular weight is 395 g/mol. The number of amides is 1. The summed E-state index contributed by atoms with van der Waals surface area (Å²) in [7, 11) is 0. The Bertz CT molecular complexity index is 1050. The maximum absolute atomic E-state index is 12.6. The second-order valence-corrected chi connectivity index (χ2v) is 7.19. The molecule has 7 heteroatoms. The summed E-state index contributed by atoms with van der Waals surface area (Å²) in [6, 6.07) is 17.1. The van der Waals surface area contributed by atoms with Crippen LogP contribution in [0.3, 0.4) is 0 Å². The summed E-state index contributed by atoms with van der Waals surface area (Å²) in [5, 5.41) is 21.3. The number of hydrogen-bond donors (Lipinski definition) is 2. The maximum atomic E-state index is 12.6. The summed E-state index contributed by atoms with van der Waals surface area (Å²) in [5.41, 5.74) is -1.77. The molecule has 7 nitrogen and oxygen atoms in total. The minimum absolute atomic E-state index is 0.00723. The molecule has 0 spiro atoms. The van der Waals surface area contributed by atoms with Gasteiger partial charge in [-0.3, -0.25) is 4.79 Å². The summed E-state index contributed by atoms with van der Waals surface area (Å²) < 4.78 is 11.4. The third-order valence-corrected chi connectivity index (χ3v) is 5.25. The van der Waals surface area contributed by atoms with Crippen LogP contribution < -0.4 is 4.74 Å². The highest BCUT2D eigenvalue weighted by Crippen LogP contribution is 2.25. The minimum atomic E-state index is -1.77. The molecule has 1 aliphatic heterocycles. The van der Waals surface area contributed by atoms with E-state index in [1.54, 1.807) is 12.1 Å². The zero-order valence-corrected chi connectivity index (χ0v) is 15.7. The second kappa shape index (κ2) is 7.60. The van der Waals surface area contributed by atoms with Crippen LogP contribution in [0.5, 0.6) is 5.75 Å². The summed E-state index contributed by atoms with van der Waals surface area (Å²) in [5.74, 6) is -0.189. The van der Waals surface area contributed by atoms with E-state index in [2.05, 4.69) is 0 Å². The molecule has 0 atom stereocenters. The number of nitrogens with zero attached hydrogens (tertiary/aromatic N) is 1. The Kier molecular flexibility index (Phi) is 4.98. The first-order valence-electron chi connectivity index (χ1n) is 9.40. The number of aliphatic carboxylic acids is 1. The first-order chi connectivity index (χ1) is 13.9. The molecule has 0 aliphatic carbocycles. The molecule has 2 aromatic carbocycles. The number of piperidine rings is 1. The number of furan rings is 1. The van der Waals surface area contributed by atoms with Gasteiger partial charge in [0.15, 0.2) is 11.4 Å². The fourth-order valence-electron chi connectivity index (χ4n) is 3.43. The smallest absolute Gasteiger partial charge is 0.335 e. The van der Waals surface area contributed by atoms with Crippen LogP contribution in [-0.4, -0.2) is 45.7 Å². The number of likely N-dealkylation sites (tertiary alicyclic amines) is 1. The van der Waals surface area contributed by atoms with Gasteiger partial charge in [-0.2, -0.15) is 0 Å². The number of ether oxygens (including phenoxy) is 1. The summed E-state index contributed by atoms with van der Waals surface area (Å²) in [6.45, 7) is 0.501. The van der Waals surface area contributed by atoms with Gasteiger partial charge in [0.05, 0.1) is 0 Å². The van der Waals surface area contributed by atoms with Gasteiger partial charge in [0.25, 0.3) is 5.91 Å². The number of hydrogen-bond acceptors (Lipinski definition) is 5. The molecule has 1 aliphatic rings. The summed E-state index contributed by atoms with van der Waals surface area (Å²) in [6.07, 6.45) is -0.0145. The Hall–Kier alpha value is -3.32. The highest BCUT2D eigenvalue weighted by molar-refractivity contribution is 5.92. The van der Waals surface area contributed by atoms with Crippen molar-refractivity contribution in [3.8, 4) is 5.75 Å². The van der Waals surface area contributed by atoms with Crippen molar-refractivity contribution >= 4 is 22.6 Å². The zero-order chi connectivity index (χ0) is 20.4. The van der Waals surface area contributed by atoms with Crippen molar-refractivity contribution < 1.29 is 29.0 Å². The van der Waals surface area contributed by atoms with E-state index in [-0.39, 0.29) is 44.2 Å². The number of carboxylic acid groups (broad SMARTS) is 1. The number of rotatable bonds is 5. The molecule has 0 saturated carbocycles. The molecule has 1 amide bonds. The predicted octanol–water partition coefficient (Wildman–Crippen LogP) is 3.06. The first kappa shape index (κ1) is 19.0. The third-order valence-electron chi connectivity index (χ3n) is 5.25. The van der Waals surface area contributed by atoms with Crippen LogP contribution in [0.4, 0.5) is 0 Å². The second-order valence-electron chi connectivity index (χ2n) is 7.19. The molecule has 1 saturated heterocycles. The highest BCUT2D eigenvalue weighted by atomic mass is 16.5. The molecule has 2 N–H and O–H groups in total. The quantitative estimate of drug-likeness (QED) is 0.689. The highest BCUT2D eigenvalue weighted by Gasteiger charge is 2.40. The Morgan fingerprint density at radius 1 is 1.03 bits per heavy atom. The van der Waals surface area contributed by atoms with Crippen molar-refractivity contribution in [3.05, 3.63) is 66.1 Å². The molecular formula is C22H21NO6. The lowest BCUT2D eigenvalue weighted by molar-refractivity contribution is -0.162. The molecule has 0 bridgehead atoms. The molecule has 4 rings (SSSR count). The minimum Gasteiger partial charge on any atom is -0.486 e. The fourth-order valence-corrected chi connectivity index (χ4v) is 3.43. The van der Waals surface area contributed by atoms with Gasteiger partial charge in [-0.05, 0) is 35.0 Å². The zero-order valence-electron chi connectivity index (χ0n) is 15.7. The number of carboxylic acids is 1. The Balaban J connectivity index is 1.36. The van der Waals surface area contributed by atoms with Gasteiger partial charge in [-0.15, -0.1) is 0 Å². The monoisotopic (exact) mass is 395 g/mol. The van der Waals surface area contributed by atoms with Crippen molar-refractivity contribution in [1.29, 1.82) is 0 Å². The topological polar surface area (TPSA) is 100 Å². The van der Waals surface area contributed by atoms with E-state index in [0.717, 1.165) is 10.8 Å². The average Bonchev–Trinajstić information content (AvgIpc) is 3.21. The van der Waals surface area contributed by atoms with Crippen LogP contribution in [0.1, 0.15) is 29.2 Å².